The Balaban J connectivity index is 1.81. The third-order valence-electron chi connectivity index (χ3n) is 7.66. The predicted octanol–water partition coefficient (Wildman–Crippen LogP) is 4.03. The molecule has 0 bridgehead atoms. The topological polar surface area (TPSA) is 93.3 Å². The molecule has 220 valence electrons. The number of aryl methyl sites for hydroxylation is 1. The summed E-state index contributed by atoms with van der Waals surface area (Å²) in [6, 6.07) is 10.8. The first kappa shape index (κ1) is 29.3. The van der Waals surface area contributed by atoms with Gasteiger partial charge in [0.15, 0.2) is 4.80 Å². The first-order valence-corrected chi connectivity index (χ1v) is 14.6. The first-order chi connectivity index (χ1) is 20.2. The summed E-state index contributed by atoms with van der Waals surface area (Å²) in [5.41, 5.74) is 4.26. The summed E-state index contributed by atoms with van der Waals surface area (Å²) in [4.78, 5) is 33.0. The molecule has 0 radical (unpaired) electrons. The largest absolute Gasteiger partial charge is 0.497 e. The van der Waals surface area contributed by atoms with Crippen LogP contribution in [0.5, 0.6) is 11.5 Å². The second-order valence-electron chi connectivity index (χ2n) is 10.0. The van der Waals surface area contributed by atoms with Crippen LogP contribution in [0.2, 0.25) is 0 Å². The summed E-state index contributed by atoms with van der Waals surface area (Å²) in [6.07, 6.45) is 1.90. The zero-order valence-corrected chi connectivity index (χ0v) is 25.8. The fraction of sp³-hybridized carbons (Fsp3) is 0.344. The van der Waals surface area contributed by atoms with Crippen molar-refractivity contribution in [1.29, 1.82) is 0 Å². The van der Waals surface area contributed by atoms with Crippen LogP contribution in [0.4, 0.5) is 0 Å². The van der Waals surface area contributed by atoms with Crippen LogP contribution in [0.3, 0.4) is 0 Å². The van der Waals surface area contributed by atoms with Gasteiger partial charge in [-0.1, -0.05) is 23.5 Å². The smallest absolute Gasteiger partial charge is 0.338 e. The second-order valence-corrected chi connectivity index (χ2v) is 11.1. The Morgan fingerprint density at radius 1 is 1.07 bits per heavy atom. The maximum atomic E-state index is 14.3. The van der Waals surface area contributed by atoms with Gasteiger partial charge in [-0.15, -0.1) is 0 Å². The average Bonchev–Trinajstić information content (AvgIpc) is 3.43. The molecule has 0 fully saturated rings. The van der Waals surface area contributed by atoms with Crippen molar-refractivity contribution in [3.05, 3.63) is 89.9 Å². The Kier molecular flexibility index (Phi) is 8.38. The molecule has 4 aromatic rings. The van der Waals surface area contributed by atoms with E-state index in [2.05, 4.69) is 10.6 Å². The number of benzene rings is 2. The number of ether oxygens (including phenoxy) is 4. The zero-order chi connectivity index (χ0) is 30.1. The molecule has 0 N–H and O–H groups in total. The van der Waals surface area contributed by atoms with Gasteiger partial charge in [0.1, 0.15) is 17.5 Å². The minimum Gasteiger partial charge on any atom is -0.497 e. The quantitative estimate of drug-likeness (QED) is 0.274. The lowest BCUT2D eigenvalue weighted by Crippen LogP contribution is -2.40. The van der Waals surface area contributed by atoms with Crippen molar-refractivity contribution >= 4 is 34.2 Å². The molecule has 2 aromatic carbocycles. The van der Waals surface area contributed by atoms with Crippen molar-refractivity contribution in [2.45, 2.75) is 40.3 Å². The average molecular weight is 590 g/mol. The van der Waals surface area contributed by atoms with Gasteiger partial charge in [0.25, 0.3) is 5.56 Å². The van der Waals surface area contributed by atoms with Gasteiger partial charge in [-0.25, -0.2) is 9.79 Å². The van der Waals surface area contributed by atoms with Crippen molar-refractivity contribution in [2.75, 3.05) is 34.5 Å². The maximum absolute atomic E-state index is 14.3. The van der Waals surface area contributed by atoms with E-state index in [1.54, 1.807) is 39.7 Å². The lowest BCUT2D eigenvalue weighted by Gasteiger charge is -2.27. The van der Waals surface area contributed by atoms with E-state index in [0.29, 0.717) is 44.3 Å². The Hall–Kier alpha value is -4.15. The van der Waals surface area contributed by atoms with Crippen LogP contribution in [0.1, 0.15) is 42.4 Å². The number of carbonyl (C=O) groups excluding carboxylic acids is 1. The molecule has 5 rings (SSSR count). The minimum atomic E-state index is -0.831. The van der Waals surface area contributed by atoms with Crippen LogP contribution in [0.25, 0.3) is 16.8 Å². The van der Waals surface area contributed by atoms with Gasteiger partial charge in [0.2, 0.25) is 0 Å². The summed E-state index contributed by atoms with van der Waals surface area (Å²) in [7, 11) is 4.86. The van der Waals surface area contributed by atoms with Crippen molar-refractivity contribution in [1.82, 2.24) is 9.13 Å². The van der Waals surface area contributed by atoms with E-state index < -0.39 is 12.0 Å². The standard InChI is InChI=1S/C32H35N3O6S/c1-8-41-31(37)27-19(3)33-32-35(29(27)28-24-17-23(39-6)11-9-21(24)10-12-25(28)40-7)30(36)26(42-32)16-22-15-18(2)34(20(22)4)13-14-38-5/h9-12,15-17,29H,8,13-14H2,1-7H3. The highest BCUT2D eigenvalue weighted by Gasteiger charge is 2.36. The molecular weight excluding hydrogens is 554 g/mol. The zero-order valence-electron chi connectivity index (χ0n) is 24.9. The van der Waals surface area contributed by atoms with E-state index in [1.165, 1.54) is 11.3 Å². The normalized spacial score (nSPS) is 15.1. The lowest BCUT2D eigenvalue weighted by atomic mass is 9.90. The van der Waals surface area contributed by atoms with Crippen molar-refractivity contribution in [3.8, 4) is 11.5 Å². The monoisotopic (exact) mass is 589 g/mol. The molecule has 0 amide bonds. The second kappa shape index (κ2) is 12.0. The number of esters is 1. The number of nitrogens with zero attached hydrogens (tertiary/aromatic N) is 3. The van der Waals surface area contributed by atoms with E-state index in [4.69, 9.17) is 23.9 Å². The molecule has 0 aliphatic carbocycles. The fourth-order valence-electron chi connectivity index (χ4n) is 5.60. The summed E-state index contributed by atoms with van der Waals surface area (Å²) >= 11 is 1.30. The summed E-state index contributed by atoms with van der Waals surface area (Å²) in [6.45, 7) is 9.10. The maximum Gasteiger partial charge on any atom is 0.338 e. The van der Waals surface area contributed by atoms with Gasteiger partial charge in [-0.2, -0.15) is 0 Å². The highest BCUT2D eigenvalue weighted by Crippen LogP contribution is 2.41. The Morgan fingerprint density at radius 2 is 1.83 bits per heavy atom. The third kappa shape index (κ3) is 5.05. The molecule has 1 aliphatic heterocycles. The molecule has 10 heteroatoms. The van der Waals surface area contributed by atoms with Gasteiger partial charge in [-0.05, 0) is 74.4 Å². The van der Waals surface area contributed by atoms with Crippen molar-refractivity contribution < 1.29 is 23.7 Å². The number of methoxy groups -OCH3 is 3. The van der Waals surface area contributed by atoms with Crippen LogP contribution >= 0.6 is 11.3 Å². The highest BCUT2D eigenvalue weighted by molar-refractivity contribution is 7.07. The fourth-order valence-corrected chi connectivity index (χ4v) is 6.63. The Morgan fingerprint density at radius 3 is 2.52 bits per heavy atom. The third-order valence-corrected chi connectivity index (χ3v) is 8.64. The first-order valence-electron chi connectivity index (χ1n) is 13.7. The van der Waals surface area contributed by atoms with E-state index in [9.17, 15) is 9.59 Å². The molecule has 9 nitrogen and oxygen atoms in total. The predicted molar refractivity (Wildman–Crippen MR) is 163 cm³/mol. The van der Waals surface area contributed by atoms with Gasteiger partial charge in [0, 0.05) is 30.6 Å². The molecule has 0 spiro atoms. The van der Waals surface area contributed by atoms with E-state index >= 15 is 0 Å². The summed E-state index contributed by atoms with van der Waals surface area (Å²) in [5.74, 6) is 0.654. The lowest BCUT2D eigenvalue weighted by molar-refractivity contribution is -0.139. The molecule has 0 saturated heterocycles. The molecule has 1 aliphatic rings. The number of fused-ring (bicyclic) bond motifs is 2. The number of hydrogen-bond donors (Lipinski definition) is 0. The summed E-state index contributed by atoms with van der Waals surface area (Å²) in [5, 5.41) is 1.71. The Bertz CT molecular complexity index is 1890. The highest BCUT2D eigenvalue weighted by atomic mass is 32.1. The van der Waals surface area contributed by atoms with Crippen molar-refractivity contribution in [3.63, 3.8) is 0 Å². The molecule has 0 saturated carbocycles. The van der Waals surface area contributed by atoms with E-state index in [-0.39, 0.29) is 12.2 Å². The number of allylic oxidation sites excluding steroid dienone is 1. The van der Waals surface area contributed by atoms with Gasteiger partial charge < -0.3 is 23.5 Å². The molecule has 1 unspecified atom stereocenters. The molecule has 2 aromatic heterocycles. The van der Waals surface area contributed by atoms with Crippen LogP contribution in [-0.2, 0) is 20.8 Å². The minimum absolute atomic E-state index is 0.186. The van der Waals surface area contributed by atoms with Gasteiger partial charge >= 0.3 is 5.97 Å². The van der Waals surface area contributed by atoms with Gasteiger partial charge in [-0.3, -0.25) is 9.36 Å². The van der Waals surface area contributed by atoms with Crippen LogP contribution in [0.15, 0.2) is 57.5 Å². The van der Waals surface area contributed by atoms with E-state index in [0.717, 1.165) is 34.3 Å². The van der Waals surface area contributed by atoms with Crippen molar-refractivity contribution in [2.24, 2.45) is 4.99 Å². The molecule has 3 heterocycles. The molecule has 1 atom stereocenters. The number of thiazole rings is 1. The van der Waals surface area contributed by atoms with Crippen LogP contribution in [0, 0.1) is 13.8 Å². The number of aromatic nitrogens is 2. The number of hydrogen-bond acceptors (Lipinski definition) is 8. The molecular formula is C32H35N3O6S. The van der Waals surface area contributed by atoms with Gasteiger partial charge in [0.05, 0.1) is 43.2 Å². The molecule has 42 heavy (non-hydrogen) atoms. The SMILES string of the molecule is CCOC(=O)C1=C(C)N=c2sc(=Cc3cc(C)n(CCOC)c3C)c(=O)n2C1c1c(OC)ccc2ccc(OC)cc12. The number of carbonyl (C=O) groups is 1. The van der Waals surface area contributed by atoms with E-state index in [1.807, 2.05) is 50.3 Å². The number of rotatable bonds is 9. The van der Waals surface area contributed by atoms with Crippen LogP contribution < -0.4 is 24.4 Å². The Labute approximate surface area is 247 Å². The summed E-state index contributed by atoms with van der Waals surface area (Å²) < 4.78 is 26.4. The van der Waals surface area contributed by atoms with Crippen LogP contribution in [-0.4, -0.2) is 49.6 Å².